The number of hydrogen-bond acceptors (Lipinski definition) is 3. The third kappa shape index (κ3) is 3.08. The summed E-state index contributed by atoms with van der Waals surface area (Å²) in [6.45, 7) is 4.72. The van der Waals surface area contributed by atoms with Crippen LogP contribution >= 0.6 is 0 Å². The molecule has 2 rings (SSSR count). The van der Waals surface area contributed by atoms with E-state index in [-0.39, 0.29) is 11.8 Å². The van der Waals surface area contributed by atoms with Gasteiger partial charge in [0.1, 0.15) is 5.41 Å². The predicted molar refractivity (Wildman–Crippen MR) is 71.5 cm³/mol. The van der Waals surface area contributed by atoms with Crippen LogP contribution in [0.5, 0.6) is 0 Å². The average Bonchev–Trinajstić information content (AvgIpc) is 3.19. The maximum atomic E-state index is 12.5. The Morgan fingerprint density at radius 1 is 1.42 bits per heavy atom. The van der Waals surface area contributed by atoms with Crippen molar-refractivity contribution < 1.29 is 14.3 Å². The summed E-state index contributed by atoms with van der Waals surface area (Å²) >= 11 is 0. The summed E-state index contributed by atoms with van der Waals surface area (Å²) in [6.07, 6.45) is 3.61. The Morgan fingerprint density at radius 3 is 2.74 bits per heavy atom. The van der Waals surface area contributed by atoms with Crippen molar-refractivity contribution in [2.24, 2.45) is 11.3 Å². The molecule has 2 aliphatic rings. The topological polar surface area (TPSA) is 58.6 Å². The quantitative estimate of drug-likeness (QED) is 0.592. The van der Waals surface area contributed by atoms with E-state index in [0.717, 1.165) is 19.5 Å². The molecule has 1 aliphatic carbocycles. The molecule has 2 amide bonds. The highest BCUT2D eigenvalue weighted by Crippen LogP contribution is 2.48. The molecule has 0 aromatic rings. The molecule has 5 heteroatoms. The summed E-state index contributed by atoms with van der Waals surface area (Å²) in [6, 6.07) is 0. The lowest BCUT2D eigenvalue weighted by atomic mass is 9.97. The molecule has 2 fully saturated rings. The first-order valence-electron chi connectivity index (χ1n) is 7.17. The van der Waals surface area contributed by atoms with E-state index >= 15 is 0 Å². The van der Waals surface area contributed by atoms with Gasteiger partial charge in [-0.05, 0) is 31.6 Å². The van der Waals surface area contributed by atoms with Crippen molar-refractivity contribution in [2.45, 2.75) is 32.6 Å². The maximum Gasteiger partial charge on any atom is 0.238 e. The van der Waals surface area contributed by atoms with Crippen molar-refractivity contribution in [2.75, 3.05) is 33.4 Å². The molecule has 0 spiro atoms. The van der Waals surface area contributed by atoms with Crippen LogP contribution in [-0.4, -0.2) is 50.1 Å². The lowest BCUT2D eigenvalue weighted by Gasteiger charge is -2.33. The number of carbonyl (C=O) groups is 2. The second kappa shape index (κ2) is 5.90. The largest absolute Gasteiger partial charge is 0.383 e. The van der Waals surface area contributed by atoms with E-state index in [4.69, 9.17) is 4.74 Å². The number of nitrogens with one attached hydrogen (secondary N) is 1. The molecule has 5 nitrogen and oxygen atoms in total. The highest BCUT2D eigenvalue weighted by Gasteiger charge is 2.58. The summed E-state index contributed by atoms with van der Waals surface area (Å²) in [5, 5.41) is 2.81. The van der Waals surface area contributed by atoms with Crippen LogP contribution in [0.3, 0.4) is 0 Å². The van der Waals surface area contributed by atoms with E-state index in [2.05, 4.69) is 12.2 Å². The van der Waals surface area contributed by atoms with Gasteiger partial charge in [0.15, 0.2) is 0 Å². The minimum Gasteiger partial charge on any atom is -0.383 e. The van der Waals surface area contributed by atoms with Crippen LogP contribution in [0.25, 0.3) is 0 Å². The Bertz CT molecular complexity index is 353. The van der Waals surface area contributed by atoms with Gasteiger partial charge in [-0.3, -0.25) is 9.59 Å². The number of likely N-dealkylation sites (tertiary alicyclic amines) is 1. The van der Waals surface area contributed by atoms with E-state index in [1.165, 1.54) is 6.42 Å². The van der Waals surface area contributed by atoms with Gasteiger partial charge in [0.25, 0.3) is 0 Å². The van der Waals surface area contributed by atoms with Gasteiger partial charge in [0, 0.05) is 26.7 Å². The molecule has 0 aromatic carbocycles. The fourth-order valence-electron chi connectivity index (χ4n) is 2.78. The second-order valence-electron chi connectivity index (χ2n) is 5.83. The SMILES string of the molecule is COCCNC(=O)C1(C(=O)N2CCCC(C)C2)CC1. The van der Waals surface area contributed by atoms with Crippen LogP contribution in [0.2, 0.25) is 0 Å². The van der Waals surface area contributed by atoms with Crippen molar-refractivity contribution in [1.29, 1.82) is 0 Å². The van der Waals surface area contributed by atoms with E-state index in [9.17, 15) is 9.59 Å². The summed E-state index contributed by atoms with van der Waals surface area (Å²) in [7, 11) is 1.60. The first-order chi connectivity index (χ1) is 9.10. The maximum absolute atomic E-state index is 12.5. The number of nitrogens with zero attached hydrogens (tertiary/aromatic N) is 1. The monoisotopic (exact) mass is 268 g/mol. The number of methoxy groups -OCH3 is 1. The highest BCUT2D eigenvalue weighted by atomic mass is 16.5. The molecule has 19 heavy (non-hydrogen) atoms. The molecular weight excluding hydrogens is 244 g/mol. The Kier molecular flexibility index (Phi) is 4.45. The molecule has 0 radical (unpaired) electrons. The number of rotatable bonds is 5. The molecule has 0 aromatic heterocycles. The lowest BCUT2D eigenvalue weighted by molar-refractivity contribution is -0.145. The smallest absolute Gasteiger partial charge is 0.238 e. The van der Waals surface area contributed by atoms with Gasteiger partial charge in [-0.25, -0.2) is 0 Å². The number of piperidine rings is 1. The summed E-state index contributed by atoms with van der Waals surface area (Å²) in [4.78, 5) is 26.6. The zero-order valence-corrected chi connectivity index (χ0v) is 11.9. The predicted octanol–water partition coefficient (Wildman–Crippen LogP) is 0.788. The number of carbonyl (C=O) groups excluding carboxylic acids is 2. The van der Waals surface area contributed by atoms with E-state index in [1.807, 2.05) is 4.90 Å². The Balaban J connectivity index is 1.91. The molecule has 1 heterocycles. The summed E-state index contributed by atoms with van der Waals surface area (Å²) in [5.41, 5.74) is -0.759. The standard InChI is InChI=1S/C14H24N2O3/c1-11-4-3-8-16(10-11)13(18)14(5-6-14)12(17)15-7-9-19-2/h11H,3-10H2,1-2H3,(H,15,17). The summed E-state index contributed by atoms with van der Waals surface area (Å²) in [5.74, 6) is 0.465. The van der Waals surface area contributed by atoms with Gasteiger partial charge in [-0.2, -0.15) is 0 Å². The second-order valence-corrected chi connectivity index (χ2v) is 5.83. The normalized spacial score (nSPS) is 24.9. The molecule has 1 unspecified atom stereocenters. The van der Waals surface area contributed by atoms with Crippen LogP contribution < -0.4 is 5.32 Å². The van der Waals surface area contributed by atoms with Gasteiger partial charge in [-0.1, -0.05) is 6.92 Å². The first kappa shape index (κ1) is 14.3. The van der Waals surface area contributed by atoms with E-state index in [1.54, 1.807) is 7.11 Å². The van der Waals surface area contributed by atoms with E-state index < -0.39 is 5.41 Å². The van der Waals surface area contributed by atoms with Crippen molar-refractivity contribution in [3.8, 4) is 0 Å². The van der Waals surface area contributed by atoms with Gasteiger partial charge in [0.05, 0.1) is 6.61 Å². The van der Waals surface area contributed by atoms with Gasteiger partial charge < -0.3 is 15.0 Å². The highest BCUT2D eigenvalue weighted by molar-refractivity contribution is 6.07. The van der Waals surface area contributed by atoms with Crippen LogP contribution in [0.4, 0.5) is 0 Å². The van der Waals surface area contributed by atoms with Crippen molar-refractivity contribution >= 4 is 11.8 Å². The Hall–Kier alpha value is -1.10. The van der Waals surface area contributed by atoms with Gasteiger partial charge >= 0.3 is 0 Å². The number of amides is 2. The molecule has 1 N–H and O–H groups in total. The van der Waals surface area contributed by atoms with Gasteiger partial charge in [-0.15, -0.1) is 0 Å². The van der Waals surface area contributed by atoms with Crippen molar-refractivity contribution in [1.82, 2.24) is 10.2 Å². The van der Waals surface area contributed by atoms with Crippen molar-refractivity contribution in [3.63, 3.8) is 0 Å². The van der Waals surface area contributed by atoms with E-state index in [0.29, 0.717) is 31.9 Å². The average molecular weight is 268 g/mol. The molecule has 108 valence electrons. The third-order valence-electron chi connectivity index (χ3n) is 4.13. The Labute approximate surface area is 114 Å². The zero-order chi connectivity index (χ0) is 13.9. The summed E-state index contributed by atoms with van der Waals surface area (Å²) < 4.78 is 4.91. The number of ether oxygens (including phenoxy) is 1. The molecular formula is C14H24N2O3. The molecule has 1 saturated heterocycles. The molecule has 1 saturated carbocycles. The van der Waals surface area contributed by atoms with Crippen molar-refractivity contribution in [3.05, 3.63) is 0 Å². The Morgan fingerprint density at radius 2 is 2.16 bits per heavy atom. The van der Waals surface area contributed by atoms with Gasteiger partial charge in [0.2, 0.25) is 11.8 Å². The fraction of sp³-hybridized carbons (Fsp3) is 0.857. The lowest BCUT2D eigenvalue weighted by Crippen LogP contribution is -2.48. The minimum atomic E-state index is -0.759. The number of hydrogen-bond donors (Lipinski definition) is 1. The van der Waals surface area contributed by atoms with Crippen LogP contribution in [0.1, 0.15) is 32.6 Å². The van der Waals surface area contributed by atoms with Crippen LogP contribution in [0.15, 0.2) is 0 Å². The third-order valence-corrected chi connectivity index (χ3v) is 4.13. The van der Waals surface area contributed by atoms with Crippen LogP contribution in [0, 0.1) is 11.3 Å². The van der Waals surface area contributed by atoms with Crippen LogP contribution in [-0.2, 0) is 14.3 Å². The first-order valence-corrected chi connectivity index (χ1v) is 7.17. The molecule has 1 aliphatic heterocycles. The molecule has 0 bridgehead atoms. The fourth-order valence-corrected chi connectivity index (χ4v) is 2.78. The molecule has 1 atom stereocenters. The minimum absolute atomic E-state index is 0.0361. The zero-order valence-electron chi connectivity index (χ0n) is 11.9.